The number of carbonyl (C=O) groups excluding carboxylic acids is 3. The van der Waals surface area contributed by atoms with Crippen molar-refractivity contribution in [3.05, 3.63) is 18.0 Å². The van der Waals surface area contributed by atoms with Crippen LogP contribution in [-0.4, -0.2) is 83.2 Å². The molecule has 148 valence electrons. The molecule has 1 aromatic rings. The van der Waals surface area contributed by atoms with Crippen LogP contribution in [0.4, 0.5) is 0 Å². The van der Waals surface area contributed by atoms with Gasteiger partial charge in [0.2, 0.25) is 5.91 Å². The summed E-state index contributed by atoms with van der Waals surface area (Å²) in [4.78, 5) is 40.6. The highest BCUT2D eigenvalue weighted by atomic mass is 16.5. The van der Waals surface area contributed by atoms with Gasteiger partial charge in [0.1, 0.15) is 0 Å². The van der Waals surface area contributed by atoms with E-state index in [0.717, 1.165) is 24.8 Å². The maximum absolute atomic E-state index is 12.7. The molecule has 2 aliphatic rings. The molecule has 2 aliphatic heterocycles. The zero-order valence-corrected chi connectivity index (χ0v) is 15.5. The first kappa shape index (κ1) is 19.3. The SMILES string of the molecule is O=C(C[C@H]1COCCN1C(=O)C(=O)N1CCCCC1)NCCc1cn[nH]c1. The van der Waals surface area contributed by atoms with Gasteiger partial charge in [0.15, 0.2) is 0 Å². The van der Waals surface area contributed by atoms with Crippen LogP contribution in [-0.2, 0) is 25.5 Å². The Morgan fingerprint density at radius 1 is 1.19 bits per heavy atom. The van der Waals surface area contributed by atoms with Crippen molar-refractivity contribution in [3.8, 4) is 0 Å². The molecule has 2 N–H and O–H groups in total. The number of amides is 3. The van der Waals surface area contributed by atoms with Crippen molar-refractivity contribution in [2.45, 2.75) is 38.1 Å². The van der Waals surface area contributed by atoms with Crippen LogP contribution in [0.1, 0.15) is 31.2 Å². The molecule has 0 spiro atoms. The van der Waals surface area contributed by atoms with E-state index in [9.17, 15) is 14.4 Å². The maximum Gasteiger partial charge on any atom is 0.312 e. The molecular weight excluding hydrogens is 350 g/mol. The molecule has 3 amide bonds. The van der Waals surface area contributed by atoms with E-state index in [1.165, 1.54) is 4.90 Å². The summed E-state index contributed by atoms with van der Waals surface area (Å²) in [6.07, 6.45) is 7.28. The van der Waals surface area contributed by atoms with Gasteiger partial charge in [-0.05, 0) is 31.2 Å². The third-order valence-corrected chi connectivity index (χ3v) is 5.03. The Kier molecular flexibility index (Phi) is 6.80. The Labute approximate surface area is 158 Å². The third kappa shape index (κ3) is 5.29. The van der Waals surface area contributed by atoms with Gasteiger partial charge >= 0.3 is 11.8 Å². The Hall–Kier alpha value is -2.42. The number of piperidine rings is 1. The first-order chi connectivity index (χ1) is 13.1. The minimum Gasteiger partial charge on any atom is -0.377 e. The molecule has 27 heavy (non-hydrogen) atoms. The number of nitrogens with zero attached hydrogens (tertiary/aromatic N) is 3. The number of ether oxygens (including phenoxy) is 1. The fourth-order valence-electron chi connectivity index (χ4n) is 3.49. The van der Waals surface area contributed by atoms with E-state index in [1.54, 1.807) is 17.3 Å². The third-order valence-electron chi connectivity index (χ3n) is 5.03. The van der Waals surface area contributed by atoms with E-state index in [4.69, 9.17) is 4.74 Å². The van der Waals surface area contributed by atoms with Crippen LogP contribution >= 0.6 is 0 Å². The van der Waals surface area contributed by atoms with Crippen molar-refractivity contribution < 1.29 is 19.1 Å². The monoisotopic (exact) mass is 377 g/mol. The molecule has 1 aromatic heterocycles. The van der Waals surface area contributed by atoms with Gasteiger partial charge in [-0.2, -0.15) is 5.10 Å². The predicted octanol–water partition coefficient (Wildman–Crippen LogP) is -0.302. The van der Waals surface area contributed by atoms with Gasteiger partial charge in [-0.15, -0.1) is 0 Å². The molecule has 1 atom stereocenters. The summed E-state index contributed by atoms with van der Waals surface area (Å²) in [6.45, 7) is 2.76. The first-order valence-electron chi connectivity index (χ1n) is 9.57. The number of aromatic amines is 1. The summed E-state index contributed by atoms with van der Waals surface area (Å²) in [5.74, 6) is -1.13. The van der Waals surface area contributed by atoms with E-state index < -0.39 is 17.9 Å². The number of nitrogens with one attached hydrogen (secondary N) is 2. The van der Waals surface area contributed by atoms with Gasteiger partial charge in [-0.3, -0.25) is 19.5 Å². The molecular formula is C18H27N5O4. The molecule has 2 fully saturated rings. The highest BCUT2D eigenvalue weighted by Crippen LogP contribution is 2.15. The van der Waals surface area contributed by atoms with Crippen LogP contribution in [0.5, 0.6) is 0 Å². The lowest BCUT2D eigenvalue weighted by molar-refractivity contribution is -0.158. The van der Waals surface area contributed by atoms with E-state index in [-0.39, 0.29) is 18.9 Å². The second kappa shape index (κ2) is 9.50. The lowest BCUT2D eigenvalue weighted by atomic mass is 10.1. The second-order valence-electron chi connectivity index (χ2n) is 6.99. The van der Waals surface area contributed by atoms with Gasteiger partial charge < -0.3 is 19.9 Å². The highest BCUT2D eigenvalue weighted by molar-refractivity contribution is 6.35. The van der Waals surface area contributed by atoms with Crippen LogP contribution in [0.15, 0.2) is 12.4 Å². The average molecular weight is 377 g/mol. The van der Waals surface area contributed by atoms with Gasteiger partial charge in [-0.1, -0.05) is 0 Å². The van der Waals surface area contributed by atoms with Crippen molar-refractivity contribution in [2.75, 3.05) is 39.4 Å². The molecule has 3 rings (SSSR count). The molecule has 9 heteroatoms. The van der Waals surface area contributed by atoms with E-state index in [1.807, 2.05) is 0 Å². The number of hydrogen-bond acceptors (Lipinski definition) is 5. The Bertz CT molecular complexity index is 642. The number of aromatic nitrogens is 2. The lowest BCUT2D eigenvalue weighted by Crippen LogP contribution is -2.55. The molecule has 0 bridgehead atoms. The van der Waals surface area contributed by atoms with Gasteiger partial charge in [0.05, 0.1) is 25.5 Å². The minimum absolute atomic E-state index is 0.129. The van der Waals surface area contributed by atoms with Crippen LogP contribution in [0.3, 0.4) is 0 Å². The standard InChI is InChI=1S/C18H27N5O4/c24-16(19-5-4-14-11-20-21-12-14)10-15-13-27-9-8-23(15)18(26)17(25)22-6-2-1-3-7-22/h11-12,15H,1-10,13H2,(H,19,24)(H,20,21)/t15-/m0/s1. The zero-order valence-electron chi connectivity index (χ0n) is 15.5. The number of H-pyrrole nitrogens is 1. The van der Waals surface area contributed by atoms with Crippen LogP contribution in [0, 0.1) is 0 Å². The van der Waals surface area contributed by atoms with Gasteiger partial charge in [0.25, 0.3) is 0 Å². The summed E-state index contributed by atoms with van der Waals surface area (Å²) < 4.78 is 5.44. The summed E-state index contributed by atoms with van der Waals surface area (Å²) in [5.41, 5.74) is 1.01. The summed E-state index contributed by atoms with van der Waals surface area (Å²) in [7, 11) is 0. The van der Waals surface area contributed by atoms with E-state index in [2.05, 4.69) is 15.5 Å². The van der Waals surface area contributed by atoms with Crippen molar-refractivity contribution in [3.63, 3.8) is 0 Å². The number of hydrogen-bond donors (Lipinski definition) is 2. The Morgan fingerprint density at radius 2 is 2.00 bits per heavy atom. The van der Waals surface area contributed by atoms with Crippen molar-refractivity contribution in [1.29, 1.82) is 0 Å². The molecule has 2 saturated heterocycles. The van der Waals surface area contributed by atoms with E-state index >= 15 is 0 Å². The van der Waals surface area contributed by atoms with Gasteiger partial charge in [-0.25, -0.2) is 0 Å². The fraction of sp³-hybridized carbons (Fsp3) is 0.667. The average Bonchev–Trinajstić information content (AvgIpc) is 3.21. The van der Waals surface area contributed by atoms with Crippen molar-refractivity contribution in [2.24, 2.45) is 0 Å². The van der Waals surface area contributed by atoms with Crippen molar-refractivity contribution in [1.82, 2.24) is 25.3 Å². The number of likely N-dealkylation sites (tertiary alicyclic amines) is 1. The highest BCUT2D eigenvalue weighted by Gasteiger charge is 2.35. The maximum atomic E-state index is 12.7. The largest absolute Gasteiger partial charge is 0.377 e. The minimum atomic E-state index is -0.517. The number of rotatable bonds is 5. The molecule has 0 aromatic carbocycles. The van der Waals surface area contributed by atoms with Crippen LogP contribution < -0.4 is 5.32 Å². The molecule has 0 radical (unpaired) electrons. The summed E-state index contributed by atoms with van der Waals surface area (Å²) in [5, 5.41) is 9.44. The zero-order chi connectivity index (χ0) is 19.1. The number of morpholine rings is 1. The smallest absolute Gasteiger partial charge is 0.312 e. The molecule has 0 unspecified atom stereocenters. The Morgan fingerprint density at radius 3 is 2.74 bits per heavy atom. The fourth-order valence-corrected chi connectivity index (χ4v) is 3.49. The predicted molar refractivity (Wildman–Crippen MR) is 96.7 cm³/mol. The quantitative estimate of drug-likeness (QED) is 0.685. The molecule has 3 heterocycles. The van der Waals surface area contributed by atoms with Crippen molar-refractivity contribution >= 4 is 17.7 Å². The molecule has 0 aliphatic carbocycles. The molecule has 9 nitrogen and oxygen atoms in total. The second-order valence-corrected chi connectivity index (χ2v) is 6.99. The first-order valence-corrected chi connectivity index (χ1v) is 9.57. The van der Waals surface area contributed by atoms with E-state index in [0.29, 0.717) is 39.2 Å². The lowest BCUT2D eigenvalue weighted by Gasteiger charge is -2.36. The summed E-state index contributed by atoms with van der Waals surface area (Å²) >= 11 is 0. The van der Waals surface area contributed by atoms with Crippen LogP contribution in [0.25, 0.3) is 0 Å². The number of carbonyl (C=O) groups is 3. The van der Waals surface area contributed by atoms with Gasteiger partial charge in [0, 0.05) is 38.8 Å². The Balaban J connectivity index is 1.50. The topological polar surface area (TPSA) is 108 Å². The van der Waals surface area contributed by atoms with Crippen LogP contribution in [0.2, 0.25) is 0 Å². The normalized spacial score (nSPS) is 20.4. The molecule has 0 saturated carbocycles. The summed E-state index contributed by atoms with van der Waals surface area (Å²) in [6, 6.07) is -0.408.